The SMILES string of the molecule is N#C/C(=C\Nc1ccc(Oc2ccccc2)cc1)C(=O)NCc1ccccc1. The number of nitrogens with zero attached hydrogens (tertiary/aromatic N) is 1. The minimum absolute atomic E-state index is 0.000503. The van der Waals surface area contributed by atoms with Crippen LogP contribution in [-0.4, -0.2) is 5.91 Å². The van der Waals surface area contributed by atoms with E-state index < -0.39 is 5.91 Å². The largest absolute Gasteiger partial charge is 0.457 e. The van der Waals surface area contributed by atoms with Crippen molar-refractivity contribution >= 4 is 11.6 Å². The standard InChI is InChI=1S/C23H19N3O2/c24-15-19(23(27)26-16-18-7-3-1-4-8-18)17-25-20-11-13-22(14-12-20)28-21-9-5-2-6-10-21/h1-14,17,25H,16H2,(H,26,27)/b19-17+. The minimum Gasteiger partial charge on any atom is -0.457 e. The number of benzene rings is 3. The van der Waals surface area contributed by atoms with Gasteiger partial charge in [0.2, 0.25) is 0 Å². The fourth-order valence-electron chi connectivity index (χ4n) is 2.42. The molecule has 0 atom stereocenters. The van der Waals surface area contributed by atoms with Crippen molar-refractivity contribution in [3.63, 3.8) is 0 Å². The highest BCUT2D eigenvalue weighted by molar-refractivity contribution is 5.97. The van der Waals surface area contributed by atoms with E-state index >= 15 is 0 Å². The smallest absolute Gasteiger partial charge is 0.263 e. The van der Waals surface area contributed by atoms with Gasteiger partial charge in [0.15, 0.2) is 0 Å². The monoisotopic (exact) mass is 369 g/mol. The predicted molar refractivity (Wildman–Crippen MR) is 109 cm³/mol. The minimum atomic E-state index is -0.428. The lowest BCUT2D eigenvalue weighted by Crippen LogP contribution is -2.24. The van der Waals surface area contributed by atoms with E-state index in [2.05, 4.69) is 10.6 Å². The van der Waals surface area contributed by atoms with Crippen molar-refractivity contribution in [1.29, 1.82) is 5.26 Å². The molecule has 1 amide bonds. The van der Waals surface area contributed by atoms with Gasteiger partial charge < -0.3 is 15.4 Å². The lowest BCUT2D eigenvalue weighted by Gasteiger charge is -2.07. The number of amides is 1. The molecule has 138 valence electrons. The third kappa shape index (κ3) is 5.48. The van der Waals surface area contributed by atoms with Crippen LogP contribution >= 0.6 is 0 Å². The van der Waals surface area contributed by atoms with Crippen molar-refractivity contribution in [3.05, 3.63) is 102 Å². The summed E-state index contributed by atoms with van der Waals surface area (Å²) in [5, 5.41) is 14.9. The number of carbonyl (C=O) groups excluding carboxylic acids is 1. The lowest BCUT2D eigenvalue weighted by molar-refractivity contribution is -0.117. The second-order valence-electron chi connectivity index (χ2n) is 5.92. The molecule has 5 heteroatoms. The fourth-order valence-corrected chi connectivity index (χ4v) is 2.42. The molecule has 0 radical (unpaired) electrons. The van der Waals surface area contributed by atoms with Crippen LogP contribution in [0, 0.1) is 11.3 Å². The summed E-state index contributed by atoms with van der Waals surface area (Å²) in [6.07, 6.45) is 1.40. The summed E-state index contributed by atoms with van der Waals surface area (Å²) >= 11 is 0. The van der Waals surface area contributed by atoms with E-state index in [1.807, 2.05) is 91.0 Å². The van der Waals surface area contributed by atoms with Crippen LogP contribution in [0.4, 0.5) is 5.69 Å². The molecule has 2 N–H and O–H groups in total. The molecular weight excluding hydrogens is 350 g/mol. The third-order valence-corrected chi connectivity index (χ3v) is 3.88. The zero-order chi connectivity index (χ0) is 19.6. The van der Waals surface area contributed by atoms with E-state index in [9.17, 15) is 10.1 Å². The van der Waals surface area contributed by atoms with Crippen molar-refractivity contribution in [2.75, 3.05) is 5.32 Å². The number of carbonyl (C=O) groups is 1. The number of nitriles is 1. The van der Waals surface area contributed by atoms with Gasteiger partial charge in [-0.2, -0.15) is 5.26 Å². The van der Waals surface area contributed by atoms with Crippen molar-refractivity contribution in [1.82, 2.24) is 5.32 Å². The molecule has 0 spiro atoms. The summed E-state index contributed by atoms with van der Waals surface area (Å²) in [7, 11) is 0. The van der Waals surface area contributed by atoms with E-state index in [0.717, 1.165) is 17.0 Å². The van der Waals surface area contributed by atoms with Gasteiger partial charge >= 0.3 is 0 Å². The maximum Gasteiger partial charge on any atom is 0.263 e. The molecule has 3 rings (SSSR count). The highest BCUT2D eigenvalue weighted by atomic mass is 16.5. The molecule has 3 aromatic carbocycles. The first kappa shape index (κ1) is 18.7. The Balaban J connectivity index is 1.56. The van der Waals surface area contributed by atoms with Crippen LogP contribution in [0.25, 0.3) is 0 Å². The second-order valence-corrected chi connectivity index (χ2v) is 5.92. The summed E-state index contributed by atoms with van der Waals surface area (Å²) in [6, 6.07) is 28.2. The molecule has 0 aliphatic carbocycles. The van der Waals surface area contributed by atoms with E-state index in [0.29, 0.717) is 12.3 Å². The number of anilines is 1. The molecule has 5 nitrogen and oxygen atoms in total. The van der Waals surface area contributed by atoms with E-state index in [-0.39, 0.29) is 5.57 Å². The summed E-state index contributed by atoms with van der Waals surface area (Å²) in [5.41, 5.74) is 1.71. The number of hydrogen-bond donors (Lipinski definition) is 2. The first-order chi connectivity index (χ1) is 13.7. The predicted octanol–water partition coefficient (Wildman–Crippen LogP) is 4.61. The molecule has 0 aliphatic rings. The zero-order valence-electron chi connectivity index (χ0n) is 15.1. The normalized spacial score (nSPS) is 10.6. The van der Waals surface area contributed by atoms with Gasteiger partial charge in [-0.3, -0.25) is 4.79 Å². The van der Waals surface area contributed by atoms with Gasteiger partial charge in [-0.25, -0.2) is 0 Å². The summed E-state index contributed by atoms with van der Waals surface area (Å²) in [4.78, 5) is 12.2. The lowest BCUT2D eigenvalue weighted by atomic mass is 10.2. The van der Waals surface area contributed by atoms with Crippen LogP contribution < -0.4 is 15.4 Å². The van der Waals surface area contributed by atoms with Gasteiger partial charge in [0.05, 0.1) is 0 Å². The van der Waals surface area contributed by atoms with Crippen LogP contribution in [-0.2, 0) is 11.3 Å². The number of rotatable bonds is 7. The molecule has 0 unspecified atom stereocenters. The van der Waals surface area contributed by atoms with Gasteiger partial charge in [0, 0.05) is 18.4 Å². The maximum absolute atomic E-state index is 12.2. The Morgan fingerprint density at radius 3 is 2.14 bits per heavy atom. The number of hydrogen-bond acceptors (Lipinski definition) is 4. The Morgan fingerprint density at radius 1 is 0.893 bits per heavy atom. The molecule has 0 fully saturated rings. The molecular formula is C23H19N3O2. The Morgan fingerprint density at radius 2 is 1.50 bits per heavy atom. The van der Waals surface area contributed by atoms with Crippen molar-refractivity contribution in [2.24, 2.45) is 0 Å². The Bertz CT molecular complexity index is 976. The van der Waals surface area contributed by atoms with E-state index in [1.54, 1.807) is 0 Å². The van der Waals surface area contributed by atoms with Gasteiger partial charge in [0.1, 0.15) is 23.1 Å². The Hall–Kier alpha value is -4.04. The average molecular weight is 369 g/mol. The van der Waals surface area contributed by atoms with Gasteiger partial charge in [-0.1, -0.05) is 48.5 Å². The van der Waals surface area contributed by atoms with Crippen LogP contribution in [0.5, 0.6) is 11.5 Å². The number of nitrogens with one attached hydrogen (secondary N) is 2. The first-order valence-electron chi connectivity index (χ1n) is 8.76. The first-order valence-corrected chi connectivity index (χ1v) is 8.76. The van der Waals surface area contributed by atoms with Crippen LogP contribution in [0.1, 0.15) is 5.56 Å². The third-order valence-electron chi connectivity index (χ3n) is 3.88. The fraction of sp³-hybridized carbons (Fsp3) is 0.0435. The molecule has 0 heterocycles. The van der Waals surface area contributed by atoms with Crippen LogP contribution in [0.2, 0.25) is 0 Å². The number of ether oxygens (including phenoxy) is 1. The second kappa shape index (κ2) is 9.60. The average Bonchev–Trinajstić information content (AvgIpc) is 2.75. The molecule has 28 heavy (non-hydrogen) atoms. The Kier molecular flexibility index (Phi) is 6.43. The molecule has 0 saturated carbocycles. The summed E-state index contributed by atoms with van der Waals surface area (Å²) in [5.74, 6) is 1.02. The zero-order valence-corrected chi connectivity index (χ0v) is 15.1. The summed E-state index contributed by atoms with van der Waals surface area (Å²) < 4.78 is 5.73. The quantitative estimate of drug-likeness (QED) is 0.471. The molecule has 0 bridgehead atoms. The molecule has 0 saturated heterocycles. The van der Waals surface area contributed by atoms with Gasteiger partial charge in [-0.05, 0) is 42.0 Å². The van der Waals surface area contributed by atoms with Crippen molar-refractivity contribution in [2.45, 2.75) is 6.54 Å². The van der Waals surface area contributed by atoms with Crippen molar-refractivity contribution in [3.8, 4) is 17.6 Å². The van der Waals surface area contributed by atoms with Crippen LogP contribution in [0.15, 0.2) is 96.7 Å². The number of para-hydroxylation sites is 1. The Labute approximate surface area is 163 Å². The van der Waals surface area contributed by atoms with Crippen LogP contribution in [0.3, 0.4) is 0 Å². The van der Waals surface area contributed by atoms with Gasteiger partial charge in [-0.15, -0.1) is 0 Å². The molecule has 0 aromatic heterocycles. The van der Waals surface area contributed by atoms with Gasteiger partial charge in [0.25, 0.3) is 5.91 Å². The highest BCUT2D eigenvalue weighted by Gasteiger charge is 2.08. The van der Waals surface area contributed by atoms with E-state index in [4.69, 9.17) is 4.74 Å². The van der Waals surface area contributed by atoms with E-state index in [1.165, 1.54) is 6.20 Å². The topological polar surface area (TPSA) is 74.1 Å². The molecule has 0 aliphatic heterocycles. The van der Waals surface area contributed by atoms with Crippen molar-refractivity contribution < 1.29 is 9.53 Å². The highest BCUT2D eigenvalue weighted by Crippen LogP contribution is 2.22. The maximum atomic E-state index is 12.2. The molecule has 3 aromatic rings. The summed E-state index contributed by atoms with van der Waals surface area (Å²) in [6.45, 7) is 0.365.